The van der Waals surface area contributed by atoms with Gasteiger partial charge in [0, 0.05) is 18.2 Å². The van der Waals surface area contributed by atoms with Crippen molar-refractivity contribution in [3.8, 4) is 11.4 Å². The maximum Gasteiger partial charge on any atom is 0.334 e. The van der Waals surface area contributed by atoms with Crippen LogP contribution < -0.4 is 5.32 Å². The first-order valence-corrected chi connectivity index (χ1v) is 5.99. The summed E-state index contributed by atoms with van der Waals surface area (Å²) in [6.45, 7) is -0.114. The zero-order valence-corrected chi connectivity index (χ0v) is 11.1. The first-order valence-electron chi connectivity index (χ1n) is 5.99. The van der Waals surface area contributed by atoms with E-state index in [1.54, 1.807) is 24.3 Å². The van der Waals surface area contributed by atoms with Crippen LogP contribution in [0.15, 0.2) is 24.3 Å². The molecule has 0 fully saturated rings. The van der Waals surface area contributed by atoms with Gasteiger partial charge < -0.3 is 15.2 Å². The van der Waals surface area contributed by atoms with Crippen LogP contribution in [0.3, 0.4) is 0 Å². The summed E-state index contributed by atoms with van der Waals surface area (Å²) < 4.78 is 4.72. The molecule has 0 radical (unpaired) electrons. The standard InChI is InChI=1S/C12H13N5O4/c1-21-9(12(19)20)6-13-11(18)8-4-2-7(3-5-8)10-14-16-17-15-10/h2-5,9H,6H2,1H3,(H,13,18)(H,19,20)(H,14,15,16,17). The SMILES string of the molecule is COC(CNC(=O)c1ccc(-c2nn[nH]n2)cc1)C(=O)O. The number of rotatable bonds is 6. The first kappa shape index (κ1) is 14.6. The van der Waals surface area contributed by atoms with Gasteiger partial charge in [0.2, 0.25) is 5.82 Å². The van der Waals surface area contributed by atoms with Crippen LogP contribution in [-0.4, -0.2) is 57.4 Å². The third kappa shape index (κ3) is 3.60. The summed E-state index contributed by atoms with van der Waals surface area (Å²) in [6.07, 6.45) is -1.08. The number of carboxylic acids is 1. The van der Waals surface area contributed by atoms with Crippen LogP contribution in [0.25, 0.3) is 11.4 Å². The number of hydrogen-bond acceptors (Lipinski definition) is 6. The Morgan fingerprint density at radius 1 is 1.38 bits per heavy atom. The highest BCUT2D eigenvalue weighted by Gasteiger charge is 2.17. The van der Waals surface area contributed by atoms with Crippen molar-refractivity contribution in [2.45, 2.75) is 6.10 Å². The second-order valence-corrected chi connectivity index (χ2v) is 4.09. The predicted molar refractivity (Wildman–Crippen MR) is 70.4 cm³/mol. The average Bonchev–Trinajstić information content (AvgIpc) is 3.01. The van der Waals surface area contributed by atoms with Gasteiger partial charge in [0.1, 0.15) is 0 Å². The quantitative estimate of drug-likeness (QED) is 0.665. The van der Waals surface area contributed by atoms with Gasteiger partial charge in [0.25, 0.3) is 5.91 Å². The number of aromatic nitrogens is 4. The van der Waals surface area contributed by atoms with E-state index in [9.17, 15) is 9.59 Å². The van der Waals surface area contributed by atoms with Crippen LogP contribution in [0, 0.1) is 0 Å². The molecule has 1 aromatic heterocycles. The number of aliphatic carboxylic acids is 1. The summed E-state index contributed by atoms with van der Waals surface area (Å²) in [7, 11) is 1.27. The average molecular weight is 291 g/mol. The van der Waals surface area contributed by atoms with E-state index in [0.717, 1.165) is 0 Å². The zero-order chi connectivity index (χ0) is 15.2. The largest absolute Gasteiger partial charge is 0.479 e. The minimum atomic E-state index is -1.13. The van der Waals surface area contributed by atoms with E-state index < -0.39 is 18.0 Å². The van der Waals surface area contributed by atoms with Crippen LogP contribution in [0.1, 0.15) is 10.4 Å². The van der Waals surface area contributed by atoms with Crippen molar-refractivity contribution >= 4 is 11.9 Å². The number of methoxy groups -OCH3 is 1. The van der Waals surface area contributed by atoms with E-state index in [4.69, 9.17) is 9.84 Å². The lowest BCUT2D eigenvalue weighted by Crippen LogP contribution is -2.37. The summed E-state index contributed by atoms with van der Waals surface area (Å²) in [5.74, 6) is -1.10. The van der Waals surface area contributed by atoms with Gasteiger partial charge in [0.15, 0.2) is 6.10 Å². The summed E-state index contributed by atoms with van der Waals surface area (Å²) >= 11 is 0. The minimum absolute atomic E-state index is 0.114. The van der Waals surface area contributed by atoms with Crippen molar-refractivity contribution in [2.75, 3.05) is 13.7 Å². The third-order valence-corrected chi connectivity index (χ3v) is 2.76. The van der Waals surface area contributed by atoms with E-state index in [1.807, 2.05) is 0 Å². The third-order valence-electron chi connectivity index (χ3n) is 2.76. The molecule has 110 valence electrons. The maximum atomic E-state index is 11.9. The molecule has 21 heavy (non-hydrogen) atoms. The van der Waals surface area contributed by atoms with Crippen molar-refractivity contribution in [2.24, 2.45) is 0 Å². The fourth-order valence-electron chi connectivity index (χ4n) is 1.61. The molecule has 0 aliphatic carbocycles. The van der Waals surface area contributed by atoms with Crippen LogP contribution in [0.2, 0.25) is 0 Å². The van der Waals surface area contributed by atoms with E-state index in [1.165, 1.54) is 7.11 Å². The van der Waals surface area contributed by atoms with Gasteiger partial charge in [-0.15, -0.1) is 10.2 Å². The van der Waals surface area contributed by atoms with Gasteiger partial charge in [-0.1, -0.05) is 12.1 Å². The molecule has 9 nitrogen and oxygen atoms in total. The number of ether oxygens (including phenoxy) is 1. The minimum Gasteiger partial charge on any atom is -0.479 e. The van der Waals surface area contributed by atoms with Crippen LogP contribution >= 0.6 is 0 Å². The Labute approximate surface area is 119 Å². The Bertz CT molecular complexity index is 611. The second-order valence-electron chi connectivity index (χ2n) is 4.09. The van der Waals surface area contributed by atoms with E-state index in [-0.39, 0.29) is 6.54 Å². The lowest BCUT2D eigenvalue weighted by atomic mass is 10.1. The molecule has 1 amide bonds. The molecule has 0 saturated heterocycles. The summed E-state index contributed by atoms with van der Waals surface area (Å²) in [5, 5.41) is 24.7. The van der Waals surface area contributed by atoms with Crippen molar-refractivity contribution in [1.82, 2.24) is 25.9 Å². The van der Waals surface area contributed by atoms with Gasteiger partial charge in [-0.3, -0.25) is 4.79 Å². The molecule has 9 heteroatoms. The number of tetrazole rings is 1. The molecule has 1 heterocycles. The summed E-state index contributed by atoms with van der Waals surface area (Å²) in [4.78, 5) is 22.6. The highest BCUT2D eigenvalue weighted by Crippen LogP contribution is 2.13. The molecule has 1 atom stereocenters. The lowest BCUT2D eigenvalue weighted by Gasteiger charge is -2.11. The molecule has 0 saturated carbocycles. The number of carbonyl (C=O) groups is 2. The van der Waals surface area contributed by atoms with Crippen LogP contribution in [-0.2, 0) is 9.53 Å². The smallest absolute Gasteiger partial charge is 0.334 e. The molecule has 0 aliphatic rings. The number of carboxylic acid groups (broad SMARTS) is 1. The molecule has 0 bridgehead atoms. The molecule has 0 aliphatic heterocycles. The number of nitrogens with one attached hydrogen (secondary N) is 2. The van der Waals surface area contributed by atoms with Gasteiger partial charge in [-0.25, -0.2) is 4.79 Å². The molecular weight excluding hydrogens is 278 g/mol. The van der Waals surface area contributed by atoms with Crippen LogP contribution in [0.4, 0.5) is 0 Å². The monoisotopic (exact) mass is 291 g/mol. The molecule has 3 N–H and O–H groups in total. The van der Waals surface area contributed by atoms with Crippen molar-refractivity contribution in [3.05, 3.63) is 29.8 Å². The number of H-pyrrole nitrogens is 1. The summed E-state index contributed by atoms with van der Waals surface area (Å²) in [6, 6.07) is 6.52. The Morgan fingerprint density at radius 3 is 2.62 bits per heavy atom. The number of nitrogens with zero attached hydrogens (tertiary/aromatic N) is 3. The highest BCUT2D eigenvalue weighted by molar-refractivity contribution is 5.94. The molecule has 1 aromatic carbocycles. The Balaban J connectivity index is 1.98. The maximum absolute atomic E-state index is 11.9. The van der Waals surface area contributed by atoms with Gasteiger partial charge in [-0.2, -0.15) is 5.21 Å². The molecule has 1 unspecified atom stereocenters. The van der Waals surface area contributed by atoms with Crippen LogP contribution in [0.5, 0.6) is 0 Å². The first-order chi connectivity index (χ1) is 10.1. The fraction of sp³-hybridized carbons (Fsp3) is 0.250. The second kappa shape index (κ2) is 6.57. The topological polar surface area (TPSA) is 130 Å². The number of hydrogen-bond donors (Lipinski definition) is 3. The Kier molecular flexibility index (Phi) is 4.57. The van der Waals surface area contributed by atoms with E-state index >= 15 is 0 Å². The lowest BCUT2D eigenvalue weighted by molar-refractivity contribution is -0.148. The number of benzene rings is 1. The van der Waals surface area contributed by atoms with Gasteiger partial charge in [-0.05, 0) is 17.3 Å². The molecule has 2 aromatic rings. The van der Waals surface area contributed by atoms with E-state index in [2.05, 4.69) is 25.9 Å². The number of aromatic amines is 1. The fourth-order valence-corrected chi connectivity index (χ4v) is 1.61. The highest BCUT2D eigenvalue weighted by atomic mass is 16.5. The molecule has 2 rings (SSSR count). The van der Waals surface area contributed by atoms with Crippen molar-refractivity contribution in [3.63, 3.8) is 0 Å². The van der Waals surface area contributed by atoms with Gasteiger partial charge in [0.05, 0.1) is 6.54 Å². The molecule has 0 spiro atoms. The Hall–Kier alpha value is -2.81. The Morgan fingerprint density at radius 2 is 2.10 bits per heavy atom. The predicted octanol–water partition coefficient (Wildman–Crippen LogP) is -0.304. The number of carbonyl (C=O) groups excluding carboxylic acids is 1. The van der Waals surface area contributed by atoms with Crippen molar-refractivity contribution < 1.29 is 19.4 Å². The summed E-state index contributed by atoms with van der Waals surface area (Å²) in [5.41, 5.74) is 1.10. The van der Waals surface area contributed by atoms with E-state index in [0.29, 0.717) is 17.0 Å². The van der Waals surface area contributed by atoms with Crippen molar-refractivity contribution in [1.29, 1.82) is 0 Å². The number of amides is 1. The van der Waals surface area contributed by atoms with Gasteiger partial charge >= 0.3 is 5.97 Å². The normalized spacial score (nSPS) is 11.9. The molecular formula is C12H13N5O4. The zero-order valence-electron chi connectivity index (χ0n) is 11.1.